The standard InChI is InChI=1S/C24H16O2S/c25-22-18-13-7-8-14-20(18)26-23-19(16-9-3-1-4-10-16)15-21(27-24(22)23)17-11-5-2-6-12-17/h1-15,21H. The number of benzene rings is 3. The van der Waals surface area contributed by atoms with Crippen molar-refractivity contribution in [1.82, 2.24) is 0 Å². The molecule has 2 heterocycles. The average molecular weight is 368 g/mol. The summed E-state index contributed by atoms with van der Waals surface area (Å²) >= 11 is 1.57. The number of hydrogen-bond donors (Lipinski definition) is 0. The van der Waals surface area contributed by atoms with Gasteiger partial charge in [-0.3, -0.25) is 4.79 Å². The van der Waals surface area contributed by atoms with Crippen molar-refractivity contribution >= 4 is 28.3 Å². The zero-order chi connectivity index (χ0) is 18.2. The Morgan fingerprint density at radius 1 is 0.778 bits per heavy atom. The minimum absolute atomic E-state index is 0.0410. The summed E-state index contributed by atoms with van der Waals surface area (Å²) in [6, 6.07) is 27.9. The second-order valence-electron chi connectivity index (χ2n) is 6.48. The summed E-state index contributed by atoms with van der Waals surface area (Å²) in [7, 11) is 0. The Balaban J connectivity index is 1.79. The lowest BCUT2D eigenvalue weighted by Gasteiger charge is -2.23. The molecule has 0 spiro atoms. The maximum absolute atomic E-state index is 13.2. The summed E-state index contributed by atoms with van der Waals surface area (Å²) in [5.74, 6) is 0.669. The second-order valence-corrected chi connectivity index (χ2v) is 7.63. The zero-order valence-electron chi connectivity index (χ0n) is 14.5. The fourth-order valence-electron chi connectivity index (χ4n) is 3.45. The largest absolute Gasteiger partial charge is 0.455 e. The van der Waals surface area contributed by atoms with E-state index in [-0.39, 0.29) is 10.7 Å². The van der Waals surface area contributed by atoms with Gasteiger partial charge in [0.1, 0.15) is 5.58 Å². The highest BCUT2D eigenvalue weighted by molar-refractivity contribution is 7.99. The van der Waals surface area contributed by atoms with E-state index in [9.17, 15) is 4.79 Å². The van der Waals surface area contributed by atoms with Gasteiger partial charge in [-0.25, -0.2) is 0 Å². The third-order valence-electron chi connectivity index (χ3n) is 4.78. The van der Waals surface area contributed by atoms with Crippen molar-refractivity contribution in [2.45, 2.75) is 10.1 Å². The molecule has 130 valence electrons. The third-order valence-corrected chi connectivity index (χ3v) is 6.05. The molecule has 0 saturated heterocycles. The molecule has 0 bridgehead atoms. The van der Waals surface area contributed by atoms with Crippen LogP contribution in [0.25, 0.3) is 16.5 Å². The summed E-state index contributed by atoms with van der Waals surface area (Å²) < 4.78 is 6.23. The lowest BCUT2D eigenvalue weighted by Crippen LogP contribution is -2.13. The van der Waals surface area contributed by atoms with Gasteiger partial charge in [-0.05, 0) is 23.3 Å². The van der Waals surface area contributed by atoms with Crippen molar-refractivity contribution in [2.75, 3.05) is 0 Å². The van der Waals surface area contributed by atoms with Crippen LogP contribution in [0.2, 0.25) is 0 Å². The first kappa shape index (κ1) is 16.2. The molecule has 1 aliphatic heterocycles. The molecule has 1 atom stereocenters. The van der Waals surface area contributed by atoms with Crippen LogP contribution in [0, 0.1) is 0 Å². The molecule has 5 rings (SSSR count). The van der Waals surface area contributed by atoms with Crippen LogP contribution in [-0.4, -0.2) is 0 Å². The van der Waals surface area contributed by atoms with E-state index in [4.69, 9.17) is 4.42 Å². The van der Waals surface area contributed by atoms with Crippen molar-refractivity contribution < 1.29 is 4.42 Å². The van der Waals surface area contributed by atoms with Crippen LogP contribution in [0.3, 0.4) is 0 Å². The maximum Gasteiger partial charge on any atom is 0.206 e. The Kier molecular flexibility index (Phi) is 3.95. The molecule has 1 aliphatic rings. The Morgan fingerprint density at radius 3 is 2.22 bits per heavy atom. The monoisotopic (exact) mass is 368 g/mol. The smallest absolute Gasteiger partial charge is 0.206 e. The number of hydrogen-bond acceptors (Lipinski definition) is 3. The van der Waals surface area contributed by atoms with Crippen molar-refractivity contribution in [3.8, 4) is 0 Å². The minimum Gasteiger partial charge on any atom is -0.455 e. The first-order chi connectivity index (χ1) is 13.3. The molecule has 0 fully saturated rings. The predicted molar refractivity (Wildman–Crippen MR) is 111 cm³/mol. The van der Waals surface area contributed by atoms with Crippen molar-refractivity contribution in [1.29, 1.82) is 0 Å². The van der Waals surface area contributed by atoms with E-state index in [0.29, 0.717) is 21.6 Å². The van der Waals surface area contributed by atoms with Gasteiger partial charge >= 0.3 is 0 Å². The first-order valence-electron chi connectivity index (χ1n) is 8.86. The van der Waals surface area contributed by atoms with Crippen LogP contribution in [0.15, 0.2) is 105 Å². The van der Waals surface area contributed by atoms with E-state index in [1.54, 1.807) is 11.8 Å². The summed E-state index contributed by atoms with van der Waals surface area (Å²) in [5.41, 5.74) is 3.87. The van der Waals surface area contributed by atoms with Crippen LogP contribution in [0.4, 0.5) is 0 Å². The van der Waals surface area contributed by atoms with E-state index in [1.165, 1.54) is 5.56 Å². The highest BCUT2D eigenvalue weighted by atomic mass is 32.2. The molecule has 3 heteroatoms. The Bertz CT molecular complexity index is 1210. The second kappa shape index (κ2) is 6.60. The molecular formula is C24H16O2S. The van der Waals surface area contributed by atoms with Crippen LogP contribution >= 0.6 is 11.8 Å². The van der Waals surface area contributed by atoms with Crippen LogP contribution in [-0.2, 0) is 0 Å². The fourth-order valence-corrected chi connectivity index (χ4v) is 4.68. The van der Waals surface area contributed by atoms with Crippen molar-refractivity contribution in [3.63, 3.8) is 0 Å². The van der Waals surface area contributed by atoms with E-state index in [2.05, 4.69) is 30.3 Å². The molecule has 0 amide bonds. The number of thioether (sulfide) groups is 1. The van der Waals surface area contributed by atoms with Gasteiger partial charge in [0.2, 0.25) is 5.43 Å². The van der Waals surface area contributed by atoms with E-state index < -0.39 is 0 Å². The van der Waals surface area contributed by atoms with Gasteiger partial charge in [0.05, 0.1) is 15.5 Å². The first-order valence-corrected chi connectivity index (χ1v) is 9.74. The van der Waals surface area contributed by atoms with Gasteiger partial charge in [-0.2, -0.15) is 0 Å². The number of para-hydroxylation sites is 1. The van der Waals surface area contributed by atoms with Crippen LogP contribution in [0.1, 0.15) is 22.1 Å². The van der Waals surface area contributed by atoms with Crippen molar-refractivity contribution in [2.24, 2.45) is 0 Å². The van der Waals surface area contributed by atoms with Crippen LogP contribution in [0.5, 0.6) is 0 Å². The Morgan fingerprint density at radius 2 is 1.44 bits per heavy atom. The topological polar surface area (TPSA) is 30.2 Å². The minimum atomic E-state index is 0.0410. The Hall–Kier alpha value is -3.04. The van der Waals surface area contributed by atoms with Crippen molar-refractivity contribution in [3.05, 3.63) is 118 Å². The summed E-state index contributed by atoms with van der Waals surface area (Å²) in [6.07, 6.45) is 2.20. The lowest BCUT2D eigenvalue weighted by molar-refractivity contribution is 0.569. The van der Waals surface area contributed by atoms with E-state index in [0.717, 1.165) is 11.1 Å². The maximum atomic E-state index is 13.2. The quantitative estimate of drug-likeness (QED) is 0.430. The molecule has 0 aliphatic carbocycles. The molecule has 0 saturated carbocycles. The van der Waals surface area contributed by atoms with Gasteiger partial charge in [-0.1, -0.05) is 78.9 Å². The SMILES string of the molecule is O=c1c2c(oc3ccccc13)C(c1ccccc1)=CC(c1ccccc1)S2. The summed E-state index contributed by atoms with van der Waals surface area (Å²) in [4.78, 5) is 13.9. The number of rotatable bonds is 2. The Labute approximate surface area is 161 Å². The molecule has 0 N–H and O–H groups in total. The van der Waals surface area contributed by atoms with Gasteiger partial charge in [-0.15, -0.1) is 11.8 Å². The van der Waals surface area contributed by atoms with Gasteiger partial charge in [0.25, 0.3) is 0 Å². The molecule has 1 aromatic heterocycles. The van der Waals surface area contributed by atoms with Gasteiger partial charge < -0.3 is 4.42 Å². The molecule has 27 heavy (non-hydrogen) atoms. The van der Waals surface area contributed by atoms with E-state index >= 15 is 0 Å². The van der Waals surface area contributed by atoms with E-state index in [1.807, 2.05) is 60.7 Å². The highest BCUT2D eigenvalue weighted by Gasteiger charge is 2.28. The van der Waals surface area contributed by atoms with Gasteiger partial charge in [0.15, 0.2) is 5.76 Å². The normalized spacial score (nSPS) is 16.0. The summed E-state index contributed by atoms with van der Waals surface area (Å²) in [5, 5.41) is 0.697. The fraction of sp³-hybridized carbons (Fsp3) is 0.0417. The third kappa shape index (κ3) is 2.81. The highest BCUT2D eigenvalue weighted by Crippen LogP contribution is 2.46. The zero-order valence-corrected chi connectivity index (χ0v) is 15.3. The predicted octanol–water partition coefficient (Wildman–Crippen LogP) is 6.07. The summed E-state index contributed by atoms with van der Waals surface area (Å²) in [6.45, 7) is 0. The molecule has 0 radical (unpaired) electrons. The molecule has 2 nitrogen and oxygen atoms in total. The molecule has 3 aromatic carbocycles. The van der Waals surface area contributed by atoms with Gasteiger partial charge in [0, 0.05) is 5.57 Å². The lowest BCUT2D eigenvalue weighted by atomic mass is 9.99. The average Bonchev–Trinajstić information content (AvgIpc) is 2.75. The van der Waals surface area contributed by atoms with Crippen LogP contribution < -0.4 is 5.43 Å². The number of fused-ring (bicyclic) bond motifs is 2. The molecule has 1 unspecified atom stereocenters. The molecule has 4 aromatic rings. The molecular weight excluding hydrogens is 352 g/mol.